The Bertz CT molecular complexity index is 193. The molecule has 0 aliphatic heterocycles. The molecular formula is C4H6F2O2S. The number of hydrogen-bond donors (Lipinski definition) is 0. The van der Waals surface area contributed by atoms with E-state index in [1.807, 2.05) is 0 Å². The average molecular weight is 156 g/mol. The van der Waals surface area contributed by atoms with Crippen LogP contribution in [0, 0.1) is 0 Å². The van der Waals surface area contributed by atoms with Gasteiger partial charge in [-0.2, -0.15) is 8.42 Å². The topological polar surface area (TPSA) is 34.1 Å². The Morgan fingerprint density at radius 2 is 1.78 bits per heavy atom. The molecular weight excluding hydrogens is 150 g/mol. The summed E-state index contributed by atoms with van der Waals surface area (Å²) in [6, 6.07) is 0. The first kappa shape index (κ1) is 6.92. The van der Waals surface area contributed by atoms with E-state index < -0.39 is 21.6 Å². The van der Waals surface area contributed by atoms with E-state index in [4.69, 9.17) is 0 Å². The Balaban J connectivity index is 2.51. The molecule has 0 saturated heterocycles. The highest BCUT2D eigenvalue weighted by Gasteiger charge is 2.38. The quantitative estimate of drug-likeness (QED) is 0.526. The van der Waals surface area contributed by atoms with Gasteiger partial charge in [0, 0.05) is 0 Å². The summed E-state index contributed by atoms with van der Waals surface area (Å²) in [7, 11) is -4.44. The largest absolute Gasteiger partial charge is 0.305 e. The molecule has 0 spiro atoms. The van der Waals surface area contributed by atoms with Gasteiger partial charge in [-0.05, 0) is 12.8 Å². The molecule has 5 heteroatoms. The fraction of sp³-hybridized carbons (Fsp3) is 1.00. The van der Waals surface area contributed by atoms with Crippen LogP contribution in [-0.2, 0) is 10.2 Å². The Labute approximate surface area is 52.1 Å². The molecule has 1 saturated carbocycles. The third-order valence-corrected chi connectivity index (χ3v) is 2.62. The van der Waals surface area contributed by atoms with Crippen LogP contribution in [0.15, 0.2) is 0 Å². The molecule has 0 unspecified atom stereocenters. The van der Waals surface area contributed by atoms with E-state index >= 15 is 0 Å². The molecule has 1 aliphatic carbocycles. The molecule has 0 radical (unpaired) electrons. The van der Waals surface area contributed by atoms with Crippen molar-refractivity contribution in [1.82, 2.24) is 0 Å². The predicted octanol–water partition coefficient (Wildman–Crippen LogP) is 0.786. The highest BCUT2D eigenvalue weighted by Crippen LogP contribution is 2.30. The summed E-state index contributed by atoms with van der Waals surface area (Å²) in [4.78, 5) is 0. The summed E-state index contributed by atoms with van der Waals surface area (Å²) in [6.45, 7) is 0. The molecule has 1 aliphatic rings. The number of rotatable bonds is 1. The maximum absolute atomic E-state index is 11.9. The van der Waals surface area contributed by atoms with Crippen molar-refractivity contribution >= 4 is 10.2 Å². The van der Waals surface area contributed by atoms with Gasteiger partial charge < -0.3 is 0 Å². The molecule has 0 aromatic carbocycles. The molecule has 0 bridgehead atoms. The van der Waals surface area contributed by atoms with Crippen LogP contribution in [0.5, 0.6) is 0 Å². The van der Waals surface area contributed by atoms with Crippen LogP contribution in [0.25, 0.3) is 0 Å². The third-order valence-electron chi connectivity index (χ3n) is 1.44. The maximum atomic E-state index is 11.9. The van der Waals surface area contributed by atoms with Crippen molar-refractivity contribution in [3.8, 4) is 0 Å². The molecule has 0 aromatic heterocycles. The molecule has 54 valence electrons. The van der Waals surface area contributed by atoms with E-state index in [-0.39, 0.29) is 12.8 Å². The Hall–Kier alpha value is -0.190. The van der Waals surface area contributed by atoms with E-state index in [9.17, 15) is 16.7 Å². The van der Waals surface area contributed by atoms with Gasteiger partial charge in [0.05, 0.1) is 5.25 Å². The van der Waals surface area contributed by atoms with Gasteiger partial charge in [-0.15, -0.1) is 3.89 Å². The molecule has 2 nitrogen and oxygen atoms in total. The van der Waals surface area contributed by atoms with Gasteiger partial charge in [-0.3, -0.25) is 0 Å². The smallest absolute Gasteiger partial charge is 0.247 e. The van der Waals surface area contributed by atoms with Crippen LogP contribution in [0.4, 0.5) is 8.28 Å². The van der Waals surface area contributed by atoms with E-state index in [2.05, 4.69) is 0 Å². The molecule has 1 fully saturated rings. The summed E-state index contributed by atoms with van der Waals surface area (Å²) >= 11 is 0. The zero-order chi connectivity index (χ0) is 7.07. The van der Waals surface area contributed by atoms with Crippen LogP contribution >= 0.6 is 0 Å². The van der Waals surface area contributed by atoms with Crippen molar-refractivity contribution in [2.24, 2.45) is 0 Å². The first-order chi connectivity index (χ1) is 4.00. The average Bonchev–Trinajstić information content (AvgIpc) is 1.55. The van der Waals surface area contributed by atoms with Gasteiger partial charge >= 0.3 is 10.2 Å². The molecule has 0 amide bonds. The van der Waals surface area contributed by atoms with E-state index in [0.717, 1.165) is 0 Å². The molecule has 0 heterocycles. The van der Waals surface area contributed by atoms with Crippen molar-refractivity contribution in [2.75, 3.05) is 0 Å². The Morgan fingerprint density at radius 3 is 1.89 bits per heavy atom. The summed E-state index contributed by atoms with van der Waals surface area (Å²) in [5, 5.41) is -1.06. The van der Waals surface area contributed by atoms with Gasteiger partial charge in [0.2, 0.25) is 0 Å². The van der Waals surface area contributed by atoms with Crippen molar-refractivity contribution in [3.63, 3.8) is 0 Å². The van der Waals surface area contributed by atoms with E-state index in [0.29, 0.717) is 0 Å². The summed E-state index contributed by atoms with van der Waals surface area (Å²) in [5.41, 5.74) is 0. The van der Waals surface area contributed by atoms with E-state index in [1.54, 1.807) is 0 Å². The summed E-state index contributed by atoms with van der Waals surface area (Å²) in [5.74, 6) is 0. The van der Waals surface area contributed by atoms with Crippen LogP contribution < -0.4 is 0 Å². The van der Waals surface area contributed by atoms with Crippen LogP contribution in [0.3, 0.4) is 0 Å². The normalized spacial score (nSPS) is 35.8. The fourth-order valence-corrected chi connectivity index (χ4v) is 1.61. The first-order valence-corrected chi connectivity index (χ1v) is 4.02. The van der Waals surface area contributed by atoms with Crippen molar-refractivity contribution in [1.29, 1.82) is 0 Å². The minimum absolute atomic E-state index is 0.168. The first-order valence-electron chi connectivity index (χ1n) is 2.57. The third kappa shape index (κ3) is 1.38. The van der Waals surface area contributed by atoms with Gasteiger partial charge in [0.25, 0.3) is 0 Å². The second-order valence-electron chi connectivity index (χ2n) is 2.17. The van der Waals surface area contributed by atoms with Crippen molar-refractivity contribution < 1.29 is 16.7 Å². The van der Waals surface area contributed by atoms with Gasteiger partial charge in [0.1, 0.15) is 6.17 Å². The Kier molecular flexibility index (Phi) is 1.46. The lowest BCUT2D eigenvalue weighted by molar-refractivity contribution is 0.210. The zero-order valence-electron chi connectivity index (χ0n) is 4.55. The summed E-state index contributed by atoms with van der Waals surface area (Å²) in [6.07, 6.45) is -1.45. The molecule has 0 atom stereocenters. The second-order valence-corrected chi connectivity index (χ2v) is 3.78. The van der Waals surface area contributed by atoms with Crippen LogP contribution in [0.1, 0.15) is 12.8 Å². The number of hydrogen-bond acceptors (Lipinski definition) is 2. The summed E-state index contributed by atoms with van der Waals surface area (Å²) < 4.78 is 43.5. The van der Waals surface area contributed by atoms with Crippen LogP contribution in [-0.4, -0.2) is 19.8 Å². The predicted molar refractivity (Wildman–Crippen MR) is 27.9 cm³/mol. The van der Waals surface area contributed by atoms with Gasteiger partial charge in [0.15, 0.2) is 0 Å². The highest BCUT2D eigenvalue weighted by molar-refractivity contribution is 7.87. The number of halogens is 2. The molecule has 1 rings (SSSR count). The highest BCUT2D eigenvalue weighted by atomic mass is 32.3. The van der Waals surface area contributed by atoms with Crippen LogP contribution in [0.2, 0.25) is 0 Å². The Morgan fingerprint density at radius 1 is 1.33 bits per heavy atom. The second kappa shape index (κ2) is 1.90. The van der Waals surface area contributed by atoms with Crippen molar-refractivity contribution in [2.45, 2.75) is 24.3 Å². The SMILES string of the molecule is O=S(=O)(F)C1CC(F)C1. The molecule has 9 heavy (non-hydrogen) atoms. The lowest BCUT2D eigenvalue weighted by Crippen LogP contribution is -2.34. The lowest BCUT2D eigenvalue weighted by Gasteiger charge is -2.25. The van der Waals surface area contributed by atoms with Gasteiger partial charge in [-0.25, -0.2) is 4.39 Å². The van der Waals surface area contributed by atoms with Crippen molar-refractivity contribution in [3.05, 3.63) is 0 Å². The standard InChI is InChI=1S/C4H6F2O2S/c5-3-1-4(2-3)9(6,7)8/h3-4H,1-2H2. The number of alkyl halides is 1. The fourth-order valence-electron chi connectivity index (χ4n) is 0.731. The minimum Gasteiger partial charge on any atom is -0.247 e. The minimum atomic E-state index is -4.44. The monoisotopic (exact) mass is 156 g/mol. The van der Waals surface area contributed by atoms with E-state index in [1.165, 1.54) is 0 Å². The van der Waals surface area contributed by atoms with Gasteiger partial charge in [-0.1, -0.05) is 0 Å². The molecule has 0 N–H and O–H groups in total. The lowest BCUT2D eigenvalue weighted by atomic mass is 9.97. The zero-order valence-corrected chi connectivity index (χ0v) is 5.37. The molecule has 0 aromatic rings. The maximum Gasteiger partial charge on any atom is 0.305 e.